The van der Waals surface area contributed by atoms with Crippen LogP contribution in [0.2, 0.25) is 0 Å². The van der Waals surface area contributed by atoms with Gasteiger partial charge in [0.1, 0.15) is 0 Å². The first-order chi connectivity index (χ1) is 14.0. The van der Waals surface area contributed by atoms with Gasteiger partial charge in [-0.25, -0.2) is 18.0 Å². The van der Waals surface area contributed by atoms with Crippen LogP contribution >= 0.6 is 0 Å². The molecule has 1 fully saturated rings. The summed E-state index contributed by atoms with van der Waals surface area (Å²) in [4.78, 5) is 23.9. The van der Waals surface area contributed by atoms with Crippen molar-refractivity contribution in [2.75, 3.05) is 10.0 Å². The molecule has 8 nitrogen and oxygen atoms in total. The number of cyclic esters (lactones) is 2. The number of hydrogen-bond donors (Lipinski definition) is 2. The third-order valence-corrected chi connectivity index (χ3v) is 5.67. The second-order valence-corrected chi connectivity index (χ2v) is 9.01. The Kier molecular flexibility index (Phi) is 5.58. The average molecular weight is 430 g/mol. The molecule has 2 N–H and O–H groups in total. The van der Waals surface area contributed by atoms with Crippen LogP contribution in [0.15, 0.2) is 59.1 Å². The molecule has 0 spiro atoms. The standard InChI is InChI=1S/C21H22N2O6S/c1-13-5-10-18(14(2)11-13)23-30(26,27)16-8-6-15(7-9-16)22-12-17-19(24)28-21(3,4)29-20(17)25/h5-12,22-23H,1-4H3. The lowest BCUT2D eigenvalue weighted by atomic mass is 10.1. The fourth-order valence-electron chi connectivity index (χ4n) is 2.80. The second kappa shape index (κ2) is 7.83. The van der Waals surface area contributed by atoms with Gasteiger partial charge in [-0.3, -0.25) is 4.72 Å². The third-order valence-electron chi connectivity index (χ3n) is 4.29. The molecule has 158 valence electrons. The summed E-state index contributed by atoms with van der Waals surface area (Å²) in [7, 11) is -3.77. The van der Waals surface area contributed by atoms with Crippen LogP contribution in [0.5, 0.6) is 0 Å². The maximum absolute atomic E-state index is 12.6. The van der Waals surface area contributed by atoms with Crippen LogP contribution in [-0.4, -0.2) is 26.1 Å². The zero-order chi connectivity index (χ0) is 22.1. The number of nitrogens with one attached hydrogen (secondary N) is 2. The van der Waals surface area contributed by atoms with E-state index in [0.717, 1.165) is 17.3 Å². The molecule has 2 aromatic carbocycles. The largest absolute Gasteiger partial charge is 0.419 e. The number of sulfonamides is 1. The molecule has 3 rings (SSSR count). The van der Waals surface area contributed by atoms with E-state index in [-0.39, 0.29) is 10.5 Å². The van der Waals surface area contributed by atoms with Crippen molar-refractivity contribution in [1.82, 2.24) is 0 Å². The van der Waals surface area contributed by atoms with E-state index in [2.05, 4.69) is 10.0 Å². The lowest BCUT2D eigenvalue weighted by Crippen LogP contribution is -2.42. The van der Waals surface area contributed by atoms with Crippen LogP contribution in [-0.2, 0) is 29.1 Å². The van der Waals surface area contributed by atoms with Gasteiger partial charge in [-0.1, -0.05) is 17.7 Å². The Morgan fingerprint density at radius 3 is 2.10 bits per heavy atom. The minimum atomic E-state index is -3.77. The van der Waals surface area contributed by atoms with Crippen molar-refractivity contribution in [3.05, 3.63) is 65.4 Å². The Balaban J connectivity index is 1.73. The third kappa shape index (κ3) is 4.80. The van der Waals surface area contributed by atoms with Crippen LogP contribution in [0.4, 0.5) is 11.4 Å². The van der Waals surface area contributed by atoms with Crippen molar-refractivity contribution in [2.24, 2.45) is 0 Å². The summed E-state index contributed by atoms with van der Waals surface area (Å²) in [5.74, 6) is -2.93. The van der Waals surface area contributed by atoms with Gasteiger partial charge in [-0.2, -0.15) is 0 Å². The van der Waals surface area contributed by atoms with Gasteiger partial charge in [0, 0.05) is 25.7 Å². The van der Waals surface area contributed by atoms with Gasteiger partial charge >= 0.3 is 11.9 Å². The van der Waals surface area contributed by atoms with Gasteiger partial charge in [-0.05, 0) is 49.7 Å². The Labute approximate surface area is 174 Å². The number of hydrogen-bond acceptors (Lipinski definition) is 7. The lowest BCUT2D eigenvalue weighted by Gasteiger charge is -2.29. The molecule has 0 saturated carbocycles. The summed E-state index contributed by atoms with van der Waals surface area (Å²) in [6, 6.07) is 11.3. The van der Waals surface area contributed by atoms with Gasteiger partial charge < -0.3 is 14.8 Å². The van der Waals surface area contributed by atoms with Gasteiger partial charge in [-0.15, -0.1) is 0 Å². The SMILES string of the molecule is Cc1ccc(NS(=O)(=O)c2ccc(NC=C3C(=O)OC(C)(C)OC3=O)cc2)c(C)c1. The Bertz CT molecular complexity index is 1110. The predicted octanol–water partition coefficient (Wildman–Crippen LogP) is 3.24. The first kappa shape index (κ1) is 21.4. The molecule has 1 saturated heterocycles. The predicted molar refractivity (Wildman–Crippen MR) is 111 cm³/mol. The van der Waals surface area contributed by atoms with Gasteiger partial charge in [0.15, 0.2) is 5.57 Å². The minimum Gasteiger partial charge on any atom is -0.419 e. The molecule has 1 aliphatic rings. The molecule has 0 amide bonds. The Hall–Kier alpha value is -3.33. The van der Waals surface area contributed by atoms with Crippen LogP contribution in [0.25, 0.3) is 0 Å². The summed E-state index contributed by atoms with van der Waals surface area (Å²) < 4.78 is 37.9. The highest BCUT2D eigenvalue weighted by atomic mass is 32.2. The normalized spacial score (nSPS) is 15.8. The maximum atomic E-state index is 12.6. The maximum Gasteiger partial charge on any atom is 0.350 e. The lowest BCUT2D eigenvalue weighted by molar-refractivity contribution is -0.222. The number of carbonyl (C=O) groups is 2. The number of aryl methyl sites for hydroxylation is 2. The number of anilines is 2. The highest BCUT2D eigenvalue weighted by molar-refractivity contribution is 7.92. The minimum absolute atomic E-state index is 0.0684. The molecule has 0 bridgehead atoms. The van der Waals surface area contributed by atoms with E-state index in [9.17, 15) is 18.0 Å². The molecule has 0 radical (unpaired) electrons. The van der Waals surface area contributed by atoms with E-state index in [4.69, 9.17) is 9.47 Å². The summed E-state index contributed by atoms with van der Waals surface area (Å²) in [5.41, 5.74) is 2.54. The number of carbonyl (C=O) groups excluding carboxylic acids is 2. The number of benzene rings is 2. The molecular formula is C21H22N2O6S. The van der Waals surface area contributed by atoms with Crippen molar-refractivity contribution in [3.8, 4) is 0 Å². The van der Waals surface area contributed by atoms with Crippen molar-refractivity contribution in [1.29, 1.82) is 0 Å². The topological polar surface area (TPSA) is 111 Å². The first-order valence-electron chi connectivity index (χ1n) is 9.10. The van der Waals surface area contributed by atoms with Crippen molar-refractivity contribution >= 4 is 33.3 Å². The van der Waals surface area contributed by atoms with E-state index < -0.39 is 27.7 Å². The molecule has 2 aromatic rings. The average Bonchev–Trinajstić information content (AvgIpc) is 2.63. The fourth-order valence-corrected chi connectivity index (χ4v) is 3.93. The molecule has 0 atom stereocenters. The number of rotatable bonds is 5. The number of esters is 2. The molecule has 0 unspecified atom stereocenters. The zero-order valence-corrected chi connectivity index (χ0v) is 17.8. The quantitative estimate of drug-likeness (QED) is 0.426. The second-order valence-electron chi connectivity index (χ2n) is 7.33. The van der Waals surface area contributed by atoms with Crippen LogP contribution in [0.3, 0.4) is 0 Å². The molecule has 0 aliphatic carbocycles. The van der Waals surface area contributed by atoms with E-state index in [1.165, 1.54) is 38.1 Å². The van der Waals surface area contributed by atoms with E-state index in [0.29, 0.717) is 11.4 Å². The van der Waals surface area contributed by atoms with Gasteiger partial charge in [0.25, 0.3) is 15.8 Å². The smallest absolute Gasteiger partial charge is 0.350 e. The van der Waals surface area contributed by atoms with Crippen LogP contribution in [0.1, 0.15) is 25.0 Å². The van der Waals surface area contributed by atoms with Gasteiger partial charge in [0.2, 0.25) is 0 Å². The van der Waals surface area contributed by atoms with Crippen LogP contribution < -0.4 is 10.0 Å². The summed E-state index contributed by atoms with van der Waals surface area (Å²) in [6.45, 7) is 6.67. The van der Waals surface area contributed by atoms with Crippen molar-refractivity contribution in [3.63, 3.8) is 0 Å². The first-order valence-corrected chi connectivity index (χ1v) is 10.6. The highest BCUT2D eigenvalue weighted by Crippen LogP contribution is 2.24. The molecule has 1 heterocycles. The van der Waals surface area contributed by atoms with Crippen LogP contribution in [0, 0.1) is 13.8 Å². The van der Waals surface area contributed by atoms with E-state index in [1.54, 1.807) is 6.07 Å². The Morgan fingerprint density at radius 2 is 1.53 bits per heavy atom. The van der Waals surface area contributed by atoms with Gasteiger partial charge in [0.05, 0.1) is 10.6 Å². The van der Waals surface area contributed by atoms with E-state index >= 15 is 0 Å². The molecule has 9 heteroatoms. The van der Waals surface area contributed by atoms with Crippen molar-refractivity contribution < 1.29 is 27.5 Å². The fraction of sp³-hybridized carbons (Fsp3) is 0.238. The van der Waals surface area contributed by atoms with Crippen molar-refractivity contribution in [2.45, 2.75) is 38.4 Å². The van der Waals surface area contributed by atoms with E-state index in [1.807, 2.05) is 26.0 Å². The zero-order valence-electron chi connectivity index (χ0n) is 17.0. The summed E-state index contributed by atoms with van der Waals surface area (Å²) in [6.07, 6.45) is 1.16. The number of ether oxygens (including phenoxy) is 2. The Morgan fingerprint density at radius 1 is 0.933 bits per heavy atom. The summed E-state index contributed by atoms with van der Waals surface area (Å²) in [5, 5.41) is 2.77. The molecule has 0 aromatic heterocycles. The molecule has 30 heavy (non-hydrogen) atoms. The summed E-state index contributed by atoms with van der Waals surface area (Å²) >= 11 is 0. The molecular weight excluding hydrogens is 408 g/mol. The molecule has 1 aliphatic heterocycles. The highest BCUT2D eigenvalue weighted by Gasteiger charge is 2.38. The monoisotopic (exact) mass is 430 g/mol.